The molecule has 0 aliphatic heterocycles. The van der Waals surface area contributed by atoms with Crippen LogP contribution >= 0.6 is 11.6 Å². The van der Waals surface area contributed by atoms with E-state index in [-0.39, 0.29) is 5.70 Å². The van der Waals surface area contributed by atoms with Gasteiger partial charge in [0, 0.05) is 16.1 Å². The Bertz CT molecular complexity index is 1030. The summed E-state index contributed by atoms with van der Waals surface area (Å²) >= 11 is 5.89. The van der Waals surface area contributed by atoms with Crippen LogP contribution in [-0.4, -0.2) is 17.0 Å². The number of aliphatic carboxylic acids is 1. The monoisotopic (exact) mass is 407 g/mol. The number of para-hydroxylation sites is 1. The number of benzene rings is 3. The molecule has 0 radical (unpaired) electrons. The highest BCUT2D eigenvalue weighted by atomic mass is 35.5. The highest BCUT2D eigenvalue weighted by molar-refractivity contribution is 6.30. The Labute approximate surface area is 173 Å². The molecule has 0 aliphatic rings. The van der Waals surface area contributed by atoms with Gasteiger partial charge in [-0.3, -0.25) is 4.79 Å². The quantitative estimate of drug-likeness (QED) is 0.553. The normalized spacial score (nSPS) is 11.0. The minimum Gasteiger partial charge on any atom is -0.488 e. The van der Waals surface area contributed by atoms with Crippen molar-refractivity contribution in [3.05, 3.63) is 106 Å². The fraction of sp³-hybridized carbons (Fsp3) is 0.0435. The first kappa shape index (κ1) is 20.2. The molecule has 0 saturated heterocycles. The number of amides is 1. The van der Waals surface area contributed by atoms with E-state index in [0.29, 0.717) is 28.5 Å². The molecule has 0 bridgehead atoms. The summed E-state index contributed by atoms with van der Waals surface area (Å²) in [7, 11) is 0. The molecule has 3 aromatic carbocycles. The van der Waals surface area contributed by atoms with Crippen LogP contribution in [0.25, 0.3) is 6.08 Å². The summed E-state index contributed by atoms with van der Waals surface area (Å²) in [6.07, 6.45) is 1.38. The number of rotatable bonds is 7. The van der Waals surface area contributed by atoms with Gasteiger partial charge in [-0.05, 0) is 42.0 Å². The Morgan fingerprint density at radius 3 is 2.28 bits per heavy atom. The summed E-state index contributed by atoms with van der Waals surface area (Å²) in [5.41, 5.74) is 1.57. The van der Waals surface area contributed by atoms with Gasteiger partial charge in [0.2, 0.25) is 0 Å². The van der Waals surface area contributed by atoms with Crippen LogP contribution in [-0.2, 0) is 11.4 Å². The van der Waals surface area contributed by atoms with E-state index in [4.69, 9.17) is 16.3 Å². The Balaban J connectivity index is 1.80. The zero-order valence-corrected chi connectivity index (χ0v) is 16.1. The van der Waals surface area contributed by atoms with E-state index < -0.39 is 11.9 Å². The van der Waals surface area contributed by atoms with Crippen molar-refractivity contribution in [2.24, 2.45) is 0 Å². The van der Waals surface area contributed by atoms with Crippen LogP contribution in [0.3, 0.4) is 0 Å². The fourth-order valence-electron chi connectivity index (χ4n) is 2.56. The maximum atomic E-state index is 12.3. The summed E-state index contributed by atoms with van der Waals surface area (Å²) < 4.78 is 5.84. The molecule has 0 aliphatic carbocycles. The molecule has 146 valence electrons. The molecule has 0 unspecified atom stereocenters. The van der Waals surface area contributed by atoms with Gasteiger partial charge >= 0.3 is 5.97 Å². The molecule has 0 heterocycles. The molecule has 3 rings (SSSR count). The third-order valence-electron chi connectivity index (χ3n) is 4.04. The average molecular weight is 408 g/mol. The predicted octanol–water partition coefficient (Wildman–Crippen LogP) is 4.77. The first-order chi connectivity index (χ1) is 14.0. The Hall–Kier alpha value is -3.57. The van der Waals surface area contributed by atoms with Gasteiger partial charge in [-0.15, -0.1) is 0 Å². The molecule has 5 nitrogen and oxygen atoms in total. The Morgan fingerprint density at radius 1 is 0.931 bits per heavy atom. The molecule has 0 fully saturated rings. The van der Waals surface area contributed by atoms with Crippen LogP contribution < -0.4 is 10.1 Å². The summed E-state index contributed by atoms with van der Waals surface area (Å²) in [5.74, 6) is -1.25. The molecule has 1 amide bonds. The van der Waals surface area contributed by atoms with Gasteiger partial charge in [0.1, 0.15) is 18.1 Å². The number of carbonyl (C=O) groups is 2. The minimum atomic E-state index is -1.25. The lowest BCUT2D eigenvalue weighted by Crippen LogP contribution is -2.27. The standard InChI is InChI=1S/C23H18ClNO4/c24-19-12-10-16(11-13-19)15-29-21-9-5-4-8-18(21)14-20(23(27)28)25-22(26)17-6-2-1-3-7-17/h1-14H,15H2,(H,25,26)(H,27,28)/b20-14+. The number of halogens is 1. The molecule has 3 aromatic rings. The first-order valence-corrected chi connectivity index (χ1v) is 9.18. The summed E-state index contributed by atoms with van der Waals surface area (Å²) in [6, 6.07) is 22.7. The van der Waals surface area contributed by atoms with E-state index in [1.807, 2.05) is 12.1 Å². The predicted molar refractivity (Wildman–Crippen MR) is 112 cm³/mol. The second kappa shape index (κ2) is 9.57. The van der Waals surface area contributed by atoms with Crippen molar-refractivity contribution in [3.63, 3.8) is 0 Å². The number of carbonyl (C=O) groups excluding carboxylic acids is 1. The van der Waals surface area contributed by atoms with Gasteiger partial charge in [-0.25, -0.2) is 4.79 Å². The molecule has 0 aromatic heterocycles. The van der Waals surface area contributed by atoms with Gasteiger partial charge in [0.25, 0.3) is 5.91 Å². The number of carboxylic acids is 1. The smallest absolute Gasteiger partial charge is 0.352 e. The number of hydrogen-bond donors (Lipinski definition) is 2. The van der Waals surface area contributed by atoms with Crippen LogP contribution in [0.2, 0.25) is 5.02 Å². The molecule has 29 heavy (non-hydrogen) atoms. The van der Waals surface area contributed by atoms with Crippen molar-refractivity contribution in [2.45, 2.75) is 6.61 Å². The highest BCUT2D eigenvalue weighted by Gasteiger charge is 2.14. The Morgan fingerprint density at radius 2 is 1.59 bits per heavy atom. The molecule has 0 saturated carbocycles. The second-order valence-electron chi connectivity index (χ2n) is 6.14. The van der Waals surface area contributed by atoms with Crippen molar-refractivity contribution in [2.75, 3.05) is 0 Å². The molecule has 0 atom stereocenters. The van der Waals surface area contributed by atoms with E-state index >= 15 is 0 Å². The van der Waals surface area contributed by atoms with E-state index in [9.17, 15) is 14.7 Å². The summed E-state index contributed by atoms with van der Waals surface area (Å²) in [4.78, 5) is 24.0. The van der Waals surface area contributed by atoms with Crippen LogP contribution in [0.15, 0.2) is 84.6 Å². The van der Waals surface area contributed by atoms with Crippen LogP contribution in [0.5, 0.6) is 5.75 Å². The van der Waals surface area contributed by atoms with Gasteiger partial charge in [-0.2, -0.15) is 0 Å². The van der Waals surface area contributed by atoms with Crippen molar-refractivity contribution >= 4 is 29.6 Å². The van der Waals surface area contributed by atoms with E-state index in [0.717, 1.165) is 5.56 Å². The highest BCUT2D eigenvalue weighted by Crippen LogP contribution is 2.22. The lowest BCUT2D eigenvalue weighted by molar-refractivity contribution is -0.132. The third-order valence-corrected chi connectivity index (χ3v) is 4.29. The maximum absolute atomic E-state index is 12.3. The van der Waals surface area contributed by atoms with E-state index in [1.54, 1.807) is 66.7 Å². The molecular formula is C23H18ClNO4. The zero-order valence-electron chi connectivity index (χ0n) is 15.3. The molecule has 6 heteroatoms. The van der Waals surface area contributed by atoms with Crippen molar-refractivity contribution in [1.82, 2.24) is 5.32 Å². The summed E-state index contributed by atoms with van der Waals surface area (Å²) in [5, 5.41) is 12.6. The number of nitrogens with one attached hydrogen (secondary N) is 1. The number of hydrogen-bond acceptors (Lipinski definition) is 3. The SMILES string of the molecule is O=C(O)/C(=C\c1ccccc1OCc1ccc(Cl)cc1)NC(=O)c1ccccc1. The van der Waals surface area contributed by atoms with Crippen LogP contribution in [0.4, 0.5) is 0 Å². The van der Waals surface area contributed by atoms with E-state index in [2.05, 4.69) is 5.32 Å². The van der Waals surface area contributed by atoms with Crippen molar-refractivity contribution in [1.29, 1.82) is 0 Å². The molecule has 0 spiro atoms. The third kappa shape index (κ3) is 5.70. The van der Waals surface area contributed by atoms with Crippen LogP contribution in [0, 0.1) is 0 Å². The fourth-order valence-corrected chi connectivity index (χ4v) is 2.69. The lowest BCUT2D eigenvalue weighted by atomic mass is 10.1. The number of ether oxygens (including phenoxy) is 1. The second-order valence-corrected chi connectivity index (χ2v) is 6.57. The topological polar surface area (TPSA) is 75.6 Å². The number of carboxylic acid groups (broad SMARTS) is 1. The maximum Gasteiger partial charge on any atom is 0.352 e. The molecular weight excluding hydrogens is 390 g/mol. The summed E-state index contributed by atoms with van der Waals surface area (Å²) in [6.45, 7) is 0.292. The largest absolute Gasteiger partial charge is 0.488 e. The zero-order chi connectivity index (χ0) is 20.6. The Kier molecular flexibility index (Phi) is 6.66. The lowest BCUT2D eigenvalue weighted by Gasteiger charge is -2.11. The van der Waals surface area contributed by atoms with Crippen molar-refractivity contribution < 1.29 is 19.4 Å². The van der Waals surface area contributed by atoms with E-state index in [1.165, 1.54) is 6.08 Å². The first-order valence-electron chi connectivity index (χ1n) is 8.80. The van der Waals surface area contributed by atoms with Gasteiger partial charge in [0.05, 0.1) is 0 Å². The average Bonchev–Trinajstić information content (AvgIpc) is 2.74. The van der Waals surface area contributed by atoms with Gasteiger partial charge < -0.3 is 15.2 Å². The van der Waals surface area contributed by atoms with Gasteiger partial charge in [-0.1, -0.05) is 60.1 Å². The van der Waals surface area contributed by atoms with Crippen LogP contribution in [0.1, 0.15) is 21.5 Å². The van der Waals surface area contributed by atoms with Gasteiger partial charge in [0.15, 0.2) is 0 Å². The minimum absolute atomic E-state index is 0.249. The van der Waals surface area contributed by atoms with Crippen molar-refractivity contribution in [3.8, 4) is 5.75 Å². The molecule has 2 N–H and O–H groups in total.